The maximum absolute atomic E-state index is 13.6. The molecule has 2 rings (SSSR count). The SMILES string of the molecule is CNCc1c(F)ccc2c1N(C)C(=O)C2. The van der Waals surface area contributed by atoms with Gasteiger partial charge in [0, 0.05) is 19.2 Å². The van der Waals surface area contributed by atoms with E-state index in [2.05, 4.69) is 5.32 Å². The molecule has 0 spiro atoms. The van der Waals surface area contributed by atoms with Crippen LogP contribution in [0.3, 0.4) is 0 Å². The maximum atomic E-state index is 13.6. The second-order valence-electron chi connectivity index (χ2n) is 3.69. The Bertz CT molecular complexity index is 417. The molecule has 3 nitrogen and oxygen atoms in total. The van der Waals surface area contributed by atoms with Gasteiger partial charge >= 0.3 is 0 Å². The maximum Gasteiger partial charge on any atom is 0.231 e. The summed E-state index contributed by atoms with van der Waals surface area (Å²) in [6.07, 6.45) is 0.378. The minimum Gasteiger partial charge on any atom is -0.316 e. The molecule has 1 N–H and O–H groups in total. The molecule has 1 aromatic carbocycles. The average Bonchev–Trinajstić information content (AvgIpc) is 2.49. The van der Waals surface area contributed by atoms with Crippen LogP contribution in [0.5, 0.6) is 0 Å². The van der Waals surface area contributed by atoms with E-state index in [4.69, 9.17) is 0 Å². The summed E-state index contributed by atoms with van der Waals surface area (Å²) < 4.78 is 13.6. The third-order valence-corrected chi connectivity index (χ3v) is 2.71. The van der Waals surface area contributed by atoms with Crippen molar-refractivity contribution in [3.63, 3.8) is 0 Å². The van der Waals surface area contributed by atoms with Crippen molar-refractivity contribution in [2.24, 2.45) is 0 Å². The van der Waals surface area contributed by atoms with Crippen LogP contribution in [0, 0.1) is 5.82 Å². The molecule has 0 radical (unpaired) electrons. The molecular formula is C11H13FN2O. The Labute approximate surface area is 87.9 Å². The van der Waals surface area contributed by atoms with Crippen LogP contribution in [0.1, 0.15) is 11.1 Å². The fourth-order valence-corrected chi connectivity index (χ4v) is 1.97. The summed E-state index contributed by atoms with van der Waals surface area (Å²) in [4.78, 5) is 13.0. The molecule has 0 fully saturated rings. The molecule has 0 saturated carbocycles. The molecule has 1 amide bonds. The Hall–Kier alpha value is -1.42. The zero-order valence-electron chi connectivity index (χ0n) is 8.80. The lowest BCUT2D eigenvalue weighted by molar-refractivity contribution is -0.117. The zero-order valence-corrected chi connectivity index (χ0v) is 8.80. The summed E-state index contributed by atoms with van der Waals surface area (Å²) in [7, 11) is 3.45. The molecule has 0 unspecified atom stereocenters. The number of fused-ring (bicyclic) bond motifs is 1. The molecular weight excluding hydrogens is 195 g/mol. The monoisotopic (exact) mass is 208 g/mol. The molecule has 1 heterocycles. The van der Waals surface area contributed by atoms with Crippen LogP contribution in [-0.4, -0.2) is 20.0 Å². The van der Waals surface area contributed by atoms with Crippen molar-refractivity contribution in [2.45, 2.75) is 13.0 Å². The number of rotatable bonds is 2. The van der Waals surface area contributed by atoms with Gasteiger partial charge in [-0.3, -0.25) is 4.79 Å². The first-order valence-corrected chi connectivity index (χ1v) is 4.86. The van der Waals surface area contributed by atoms with Gasteiger partial charge in [-0.05, 0) is 18.7 Å². The summed E-state index contributed by atoms with van der Waals surface area (Å²) in [6.45, 7) is 0.437. The van der Waals surface area contributed by atoms with Gasteiger partial charge in [-0.1, -0.05) is 6.07 Å². The molecule has 15 heavy (non-hydrogen) atoms. The molecule has 1 aliphatic heterocycles. The van der Waals surface area contributed by atoms with Crippen molar-refractivity contribution in [1.82, 2.24) is 5.32 Å². The highest BCUT2D eigenvalue weighted by molar-refractivity contribution is 6.01. The minimum atomic E-state index is -0.260. The lowest BCUT2D eigenvalue weighted by Gasteiger charge is -2.15. The molecule has 0 bridgehead atoms. The number of nitrogens with one attached hydrogen (secondary N) is 1. The van der Waals surface area contributed by atoms with Crippen molar-refractivity contribution >= 4 is 11.6 Å². The highest BCUT2D eigenvalue weighted by Crippen LogP contribution is 2.32. The molecule has 0 atom stereocenters. The number of amides is 1. The number of carbonyl (C=O) groups excluding carboxylic acids is 1. The van der Waals surface area contributed by atoms with E-state index in [9.17, 15) is 9.18 Å². The fraction of sp³-hybridized carbons (Fsp3) is 0.364. The van der Waals surface area contributed by atoms with Crippen molar-refractivity contribution in [3.05, 3.63) is 29.1 Å². The number of halogens is 1. The Morgan fingerprint density at radius 1 is 1.53 bits per heavy atom. The van der Waals surface area contributed by atoms with Gasteiger partial charge in [0.2, 0.25) is 5.91 Å². The van der Waals surface area contributed by atoms with Gasteiger partial charge in [0.25, 0.3) is 0 Å². The van der Waals surface area contributed by atoms with E-state index in [1.165, 1.54) is 11.0 Å². The highest BCUT2D eigenvalue weighted by atomic mass is 19.1. The van der Waals surface area contributed by atoms with E-state index in [0.717, 1.165) is 11.3 Å². The number of likely N-dealkylation sites (N-methyl/N-ethyl adjacent to an activating group) is 1. The van der Waals surface area contributed by atoms with E-state index in [-0.39, 0.29) is 11.7 Å². The zero-order chi connectivity index (χ0) is 11.0. The number of carbonyl (C=O) groups is 1. The first-order chi connectivity index (χ1) is 7.15. The lowest BCUT2D eigenvalue weighted by Crippen LogP contribution is -2.22. The van der Waals surface area contributed by atoms with Crippen molar-refractivity contribution in [3.8, 4) is 0 Å². The van der Waals surface area contributed by atoms with Gasteiger partial charge in [-0.15, -0.1) is 0 Å². The third-order valence-electron chi connectivity index (χ3n) is 2.71. The summed E-state index contributed by atoms with van der Waals surface area (Å²) in [6, 6.07) is 3.11. The Balaban J connectivity index is 2.55. The number of anilines is 1. The van der Waals surface area contributed by atoms with E-state index in [1.54, 1.807) is 20.2 Å². The third kappa shape index (κ3) is 1.51. The van der Waals surface area contributed by atoms with Crippen LogP contribution < -0.4 is 10.2 Å². The molecule has 0 saturated heterocycles. The number of nitrogens with zero attached hydrogens (tertiary/aromatic N) is 1. The van der Waals surface area contributed by atoms with Crippen LogP contribution in [-0.2, 0) is 17.8 Å². The topological polar surface area (TPSA) is 32.3 Å². The van der Waals surface area contributed by atoms with Crippen molar-refractivity contribution in [2.75, 3.05) is 19.0 Å². The second-order valence-corrected chi connectivity index (χ2v) is 3.69. The molecule has 1 aliphatic rings. The predicted molar refractivity (Wildman–Crippen MR) is 56.3 cm³/mol. The van der Waals surface area contributed by atoms with E-state index in [1.807, 2.05) is 0 Å². The fourth-order valence-electron chi connectivity index (χ4n) is 1.97. The van der Waals surface area contributed by atoms with Crippen LogP contribution in [0.25, 0.3) is 0 Å². The largest absolute Gasteiger partial charge is 0.316 e. The first kappa shape index (κ1) is 10.1. The van der Waals surface area contributed by atoms with Crippen LogP contribution in [0.2, 0.25) is 0 Å². The van der Waals surface area contributed by atoms with Gasteiger partial charge in [0.15, 0.2) is 0 Å². The van der Waals surface area contributed by atoms with Crippen molar-refractivity contribution in [1.29, 1.82) is 0 Å². The number of hydrogen-bond donors (Lipinski definition) is 1. The van der Waals surface area contributed by atoms with Crippen molar-refractivity contribution < 1.29 is 9.18 Å². The highest BCUT2D eigenvalue weighted by Gasteiger charge is 2.27. The van der Waals surface area contributed by atoms with Crippen LogP contribution in [0.15, 0.2) is 12.1 Å². The Morgan fingerprint density at radius 3 is 2.93 bits per heavy atom. The van der Waals surface area contributed by atoms with Gasteiger partial charge in [-0.2, -0.15) is 0 Å². The predicted octanol–water partition coefficient (Wildman–Crippen LogP) is 1.06. The second kappa shape index (κ2) is 3.62. The summed E-state index contributed by atoms with van der Waals surface area (Å²) in [5.74, 6) is -0.238. The number of hydrogen-bond acceptors (Lipinski definition) is 2. The van der Waals surface area contributed by atoms with E-state index < -0.39 is 0 Å². The Kier molecular flexibility index (Phi) is 2.44. The summed E-state index contributed by atoms with van der Waals surface area (Å²) >= 11 is 0. The molecule has 0 aromatic heterocycles. The van der Waals surface area contributed by atoms with Gasteiger partial charge in [-0.25, -0.2) is 4.39 Å². The normalized spacial score (nSPS) is 14.6. The standard InChI is InChI=1S/C11H13FN2O/c1-13-6-8-9(12)4-3-7-5-10(15)14(2)11(7)8/h3-4,13H,5-6H2,1-2H3. The smallest absolute Gasteiger partial charge is 0.231 e. The molecule has 1 aromatic rings. The van der Waals surface area contributed by atoms with E-state index in [0.29, 0.717) is 18.5 Å². The van der Waals surface area contributed by atoms with Crippen LogP contribution >= 0.6 is 0 Å². The lowest BCUT2D eigenvalue weighted by atomic mass is 10.1. The molecule has 4 heteroatoms. The quantitative estimate of drug-likeness (QED) is 0.788. The summed E-state index contributed by atoms with van der Waals surface area (Å²) in [5.41, 5.74) is 2.21. The molecule has 80 valence electrons. The van der Waals surface area contributed by atoms with E-state index >= 15 is 0 Å². The summed E-state index contributed by atoms with van der Waals surface area (Å²) in [5, 5.41) is 2.91. The minimum absolute atomic E-state index is 0.0213. The van der Waals surface area contributed by atoms with Gasteiger partial charge in [0.1, 0.15) is 5.82 Å². The Morgan fingerprint density at radius 2 is 2.27 bits per heavy atom. The van der Waals surface area contributed by atoms with Gasteiger partial charge < -0.3 is 10.2 Å². The average molecular weight is 208 g/mol. The first-order valence-electron chi connectivity index (χ1n) is 4.86. The molecule has 0 aliphatic carbocycles. The van der Waals surface area contributed by atoms with Crippen LogP contribution in [0.4, 0.5) is 10.1 Å². The van der Waals surface area contributed by atoms with Gasteiger partial charge in [0.05, 0.1) is 12.1 Å². The number of benzene rings is 1.